The highest BCUT2D eigenvalue weighted by molar-refractivity contribution is 6.04. The molecule has 3 rings (SSSR count). The van der Waals surface area contributed by atoms with E-state index in [1.54, 1.807) is 13.8 Å². The van der Waals surface area contributed by atoms with Gasteiger partial charge >= 0.3 is 18.3 Å². The molecule has 0 saturated carbocycles. The van der Waals surface area contributed by atoms with Crippen LogP contribution < -0.4 is 0 Å². The van der Waals surface area contributed by atoms with E-state index in [1.807, 2.05) is 0 Å². The van der Waals surface area contributed by atoms with Crippen LogP contribution in [-0.4, -0.2) is 69.3 Å². The van der Waals surface area contributed by atoms with E-state index in [9.17, 15) is 40.7 Å². The van der Waals surface area contributed by atoms with Gasteiger partial charge in [-0.25, -0.2) is 14.8 Å². The van der Waals surface area contributed by atoms with Crippen LogP contribution in [0.2, 0.25) is 0 Å². The number of carbonyl (C=O) groups is 3. The minimum atomic E-state index is -5.10. The third kappa shape index (κ3) is 6.66. The largest absolute Gasteiger partial charge is 0.459 e. The highest BCUT2D eigenvalue weighted by Crippen LogP contribution is 2.36. The van der Waals surface area contributed by atoms with Crippen LogP contribution in [-0.2, 0) is 17.1 Å². The lowest BCUT2D eigenvalue weighted by Crippen LogP contribution is -2.55. The summed E-state index contributed by atoms with van der Waals surface area (Å²) in [6, 6.07) is -0.0826. The molecule has 1 unspecified atom stereocenters. The van der Waals surface area contributed by atoms with Crippen LogP contribution in [0.4, 0.5) is 26.3 Å². The van der Waals surface area contributed by atoms with Crippen LogP contribution in [0.25, 0.3) is 0 Å². The van der Waals surface area contributed by atoms with Crippen molar-refractivity contribution in [2.45, 2.75) is 59.1 Å². The first kappa shape index (κ1) is 29.8. The molecular formula is C25H26F6N4O4. The van der Waals surface area contributed by atoms with Gasteiger partial charge in [-0.15, -0.1) is 0 Å². The van der Waals surface area contributed by atoms with Gasteiger partial charge in [0.25, 0.3) is 11.8 Å². The number of carbonyl (C=O) groups excluding carboxylic acids is 3. The molecule has 0 radical (unpaired) electrons. The number of esters is 1. The number of alkyl halides is 6. The first-order valence-corrected chi connectivity index (χ1v) is 11.9. The number of benzene rings is 1. The number of piperazine rings is 1. The first-order chi connectivity index (χ1) is 17.9. The highest BCUT2D eigenvalue weighted by Gasteiger charge is 2.39. The number of halogens is 6. The Labute approximate surface area is 220 Å². The smallest absolute Gasteiger partial charge is 0.416 e. The van der Waals surface area contributed by atoms with E-state index in [2.05, 4.69) is 9.97 Å². The lowest BCUT2D eigenvalue weighted by Gasteiger charge is -2.40. The number of nitrogens with zero attached hydrogens (tertiary/aromatic N) is 4. The fraction of sp³-hybridized carbons (Fsp3) is 0.480. The Balaban J connectivity index is 1.88. The van der Waals surface area contributed by atoms with E-state index in [0.717, 1.165) is 4.90 Å². The van der Waals surface area contributed by atoms with Gasteiger partial charge in [0, 0.05) is 31.2 Å². The molecule has 1 aliphatic rings. The summed E-state index contributed by atoms with van der Waals surface area (Å²) >= 11 is 0. The van der Waals surface area contributed by atoms with Crippen molar-refractivity contribution in [3.8, 4) is 0 Å². The van der Waals surface area contributed by atoms with Crippen molar-refractivity contribution in [2.75, 3.05) is 19.6 Å². The fourth-order valence-electron chi connectivity index (χ4n) is 4.22. The zero-order chi connectivity index (χ0) is 29.4. The lowest BCUT2D eigenvalue weighted by atomic mass is 10.0. The monoisotopic (exact) mass is 560 g/mol. The molecule has 2 aromatic rings. The Morgan fingerprint density at radius 3 is 1.97 bits per heavy atom. The van der Waals surface area contributed by atoms with Crippen LogP contribution in [0.5, 0.6) is 0 Å². The van der Waals surface area contributed by atoms with Crippen LogP contribution >= 0.6 is 0 Å². The molecule has 0 spiro atoms. The molecular weight excluding hydrogens is 534 g/mol. The number of aromatic nitrogens is 2. The Hall–Kier alpha value is -3.71. The van der Waals surface area contributed by atoms with E-state index in [1.165, 1.54) is 25.7 Å². The van der Waals surface area contributed by atoms with Crippen LogP contribution in [0.1, 0.15) is 74.6 Å². The predicted octanol–water partition coefficient (Wildman–Crippen LogP) is 4.68. The standard InChI is InChI=1S/C25H26F6N4O4/c1-12(2)39-23(38)19-14(4)32-15(5)33-20(19)22(37)34-6-7-35(13(3)11-34)21(36)16-8-17(24(26,27)28)10-18(9-16)25(29,30)31/h8-10,12-13H,6-7,11H2,1-5H3. The summed E-state index contributed by atoms with van der Waals surface area (Å²) in [5.74, 6) is -2.26. The minimum Gasteiger partial charge on any atom is -0.459 e. The molecule has 1 aromatic heterocycles. The molecule has 14 heteroatoms. The van der Waals surface area contributed by atoms with Crippen molar-refractivity contribution in [1.82, 2.24) is 19.8 Å². The zero-order valence-corrected chi connectivity index (χ0v) is 21.7. The maximum atomic E-state index is 13.4. The normalized spacial score (nSPS) is 16.5. The third-order valence-electron chi connectivity index (χ3n) is 5.96. The summed E-state index contributed by atoms with van der Waals surface area (Å²) in [6.07, 6.45) is -10.7. The first-order valence-electron chi connectivity index (χ1n) is 11.9. The van der Waals surface area contributed by atoms with Crippen molar-refractivity contribution in [3.05, 3.63) is 57.7 Å². The second-order valence-corrected chi connectivity index (χ2v) is 9.43. The van der Waals surface area contributed by atoms with Gasteiger partial charge in [-0.2, -0.15) is 26.3 Å². The number of amides is 2. The van der Waals surface area contributed by atoms with Gasteiger partial charge in [0.05, 0.1) is 22.9 Å². The van der Waals surface area contributed by atoms with E-state index in [0.29, 0.717) is 12.1 Å². The fourth-order valence-corrected chi connectivity index (χ4v) is 4.22. The summed E-state index contributed by atoms with van der Waals surface area (Å²) < 4.78 is 84.8. The number of rotatable bonds is 4. The van der Waals surface area contributed by atoms with Gasteiger partial charge in [-0.05, 0) is 52.8 Å². The summed E-state index contributed by atoms with van der Waals surface area (Å²) in [6.45, 7) is 7.40. The van der Waals surface area contributed by atoms with E-state index < -0.39 is 59.0 Å². The quantitative estimate of drug-likeness (QED) is 0.398. The molecule has 39 heavy (non-hydrogen) atoms. The number of hydrogen-bond acceptors (Lipinski definition) is 6. The van der Waals surface area contributed by atoms with E-state index >= 15 is 0 Å². The molecule has 1 fully saturated rings. The van der Waals surface area contributed by atoms with Crippen molar-refractivity contribution in [3.63, 3.8) is 0 Å². The molecule has 8 nitrogen and oxygen atoms in total. The van der Waals surface area contributed by atoms with Gasteiger partial charge in [0.2, 0.25) is 0 Å². The lowest BCUT2D eigenvalue weighted by molar-refractivity contribution is -0.143. The van der Waals surface area contributed by atoms with Crippen LogP contribution in [0.3, 0.4) is 0 Å². The van der Waals surface area contributed by atoms with Gasteiger partial charge in [-0.3, -0.25) is 9.59 Å². The molecule has 0 N–H and O–H groups in total. The molecule has 0 aliphatic carbocycles. The van der Waals surface area contributed by atoms with Gasteiger partial charge < -0.3 is 14.5 Å². The topological polar surface area (TPSA) is 92.7 Å². The van der Waals surface area contributed by atoms with Crippen molar-refractivity contribution < 1.29 is 45.5 Å². The van der Waals surface area contributed by atoms with Crippen LogP contribution in [0.15, 0.2) is 18.2 Å². The van der Waals surface area contributed by atoms with Crippen molar-refractivity contribution in [1.29, 1.82) is 0 Å². The number of aryl methyl sites for hydroxylation is 2. The Bertz CT molecular complexity index is 1260. The molecule has 0 bridgehead atoms. The molecule has 1 aromatic carbocycles. The predicted molar refractivity (Wildman–Crippen MR) is 125 cm³/mol. The number of ether oxygens (including phenoxy) is 1. The Morgan fingerprint density at radius 2 is 1.49 bits per heavy atom. The van der Waals surface area contributed by atoms with Gasteiger partial charge in [-0.1, -0.05) is 0 Å². The summed E-state index contributed by atoms with van der Waals surface area (Å²) in [4.78, 5) is 49.8. The number of hydrogen-bond donors (Lipinski definition) is 0. The van der Waals surface area contributed by atoms with Crippen LogP contribution in [0, 0.1) is 13.8 Å². The third-order valence-corrected chi connectivity index (χ3v) is 5.96. The summed E-state index contributed by atoms with van der Waals surface area (Å²) in [5.41, 5.74) is -4.07. The van der Waals surface area contributed by atoms with E-state index in [4.69, 9.17) is 4.74 Å². The molecule has 1 aliphatic heterocycles. The van der Waals surface area contributed by atoms with Gasteiger partial charge in [0.15, 0.2) is 0 Å². The molecule has 2 amide bonds. The summed E-state index contributed by atoms with van der Waals surface area (Å²) in [7, 11) is 0. The van der Waals surface area contributed by atoms with Gasteiger partial charge in [0.1, 0.15) is 17.1 Å². The average Bonchev–Trinajstić information content (AvgIpc) is 2.80. The zero-order valence-electron chi connectivity index (χ0n) is 21.7. The molecule has 2 heterocycles. The van der Waals surface area contributed by atoms with Crippen molar-refractivity contribution >= 4 is 17.8 Å². The molecule has 1 atom stereocenters. The molecule has 212 valence electrons. The Morgan fingerprint density at radius 1 is 0.923 bits per heavy atom. The average molecular weight is 560 g/mol. The SMILES string of the molecule is Cc1nc(C)c(C(=O)OC(C)C)c(C(=O)N2CCN(C(=O)c3cc(C(F)(F)F)cc(C(F)(F)F)c3)C(C)C2)n1. The highest BCUT2D eigenvalue weighted by atomic mass is 19.4. The second kappa shape index (κ2) is 10.8. The van der Waals surface area contributed by atoms with Crippen molar-refractivity contribution in [2.24, 2.45) is 0 Å². The second-order valence-electron chi connectivity index (χ2n) is 9.43. The Kier molecular flexibility index (Phi) is 8.27. The molecule has 1 saturated heterocycles. The minimum absolute atomic E-state index is 0.0512. The van der Waals surface area contributed by atoms with E-state index in [-0.39, 0.29) is 48.5 Å². The summed E-state index contributed by atoms with van der Waals surface area (Å²) in [5, 5.41) is 0. The maximum absolute atomic E-state index is 13.4. The maximum Gasteiger partial charge on any atom is 0.416 e.